The fourth-order valence-corrected chi connectivity index (χ4v) is 5.20. The summed E-state index contributed by atoms with van der Waals surface area (Å²) in [5.41, 5.74) is 1.38. The van der Waals surface area contributed by atoms with E-state index in [0.29, 0.717) is 11.8 Å². The minimum absolute atomic E-state index is 0.227. The molecule has 2 aliphatic heterocycles. The minimum Gasteiger partial charge on any atom is -0.394 e. The van der Waals surface area contributed by atoms with E-state index >= 15 is 0 Å². The highest BCUT2D eigenvalue weighted by Gasteiger charge is 2.52. The van der Waals surface area contributed by atoms with Crippen LogP contribution in [0.2, 0.25) is 0 Å². The van der Waals surface area contributed by atoms with Crippen molar-refractivity contribution >= 4 is 0 Å². The molecule has 0 aromatic carbocycles. The Morgan fingerprint density at radius 1 is 0.903 bits per heavy atom. The van der Waals surface area contributed by atoms with Gasteiger partial charge in [0.25, 0.3) is 0 Å². The van der Waals surface area contributed by atoms with Crippen molar-refractivity contribution in [2.75, 3.05) is 19.8 Å². The minimum atomic E-state index is -1.51. The lowest BCUT2D eigenvalue weighted by molar-refractivity contribution is -0.309. The molecule has 5 rings (SSSR count). The predicted molar refractivity (Wildman–Crippen MR) is 104 cm³/mol. The summed E-state index contributed by atoms with van der Waals surface area (Å²) in [5, 5.41) is 59.7. The standard InChI is InChI=1S/C21H34O10/c1-21(2)10-4-3-9(11(21)5-10)7-28-20-18(27)16(25)15(24)13(31-20)8-29-19-17(26)14(23)12(6-22)30-19/h3,10-20,22-27H,4-8H2,1-2H3/t10?,11?,12-,13+,14-,15+,16-,17+,18+,19+,20+/m0/s1. The van der Waals surface area contributed by atoms with Crippen LogP contribution in [0, 0.1) is 17.3 Å². The number of aliphatic hydroxyl groups is 6. The lowest BCUT2D eigenvalue weighted by Gasteiger charge is -2.56. The second kappa shape index (κ2) is 8.94. The number of ether oxygens (including phenoxy) is 4. The van der Waals surface area contributed by atoms with Crippen molar-refractivity contribution in [2.24, 2.45) is 17.3 Å². The second-order valence-corrected chi connectivity index (χ2v) is 9.69. The first-order valence-corrected chi connectivity index (χ1v) is 10.9. The van der Waals surface area contributed by atoms with Crippen LogP contribution in [0.3, 0.4) is 0 Å². The normalized spacial score (nSPS) is 48.9. The van der Waals surface area contributed by atoms with Gasteiger partial charge in [0.2, 0.25) is 0 Å². The summed E-state index contributed by atoms with van der Waals surface area (Å²) in [5.74, 6) is 1.11. The number of hydrogen-bond donors (Lipinski definition) is 6. The molecule has 1 saturated carbocycles. The highest BCUT2D eigenvalue weighted by Crippen LogP contribution is 2.59. The Balaban J connectivity index is 1.33. The molecule has 3 fully saturated rings. The van der Waals surface area contributed by atoms with Gasteiger partial charge in [0, 0.05) is 0 Å². The first kappa shape index (κ1) is 23.5. The van der Waals surface area contributed by atoms with E-state index in [-0.39, 0.29) is 18.6 Å². The Bertz CT molecular complexity index is 669. The number of fused-ring (bicyclic) bond motifs is 1. The van der Waals surface area contributed by atoms with Crippen molar-refractivity contribution in [1.82, 2.24) is 0 Å². The Kier molecular flexibility index (Phi) is 6.78. The van der Waals surface area contributed by atoms with E-state index in [4.69, 9.17) is 24.1 Å². The fourth-order valence-electron chi connectivity index (χ4n) is 5.20. The van der Waals surface area contributed by atoms with Crippen LogP contribution in [0.4, 0.5) is 0 Å². The third-order valence-electron chi connectivity index (χ3n) is 7.59. The topological polar surface area (TPSA) is 158 Å². The van der Waals surface area contributed by atoms with Crippen LogP contribution in [0.5, 0.6) is 0 Å². The van der Waals surface area contributed by atoms with E-state index in [1.54, 1.807) is 0 Å². The van der Waals surface area contributed by atoms with Gasteiger partial charge in [-0.1, -0.05) is 19.9 Å². The van der Waals surface area contributed by atoms with Crippen molar-refractivity contribution in [3.63, 3.8) is 0 Å². The third kappa shape index (κ3) is 4.19. The monoisotopic (exact) mass is 446 g/mol. The maximum Gasteiger partial charge on any atom is 0.187 e. The zero-order valence-electron chi connectivity index (χ0n) is 17.8. The quantitative estimate of drug-likeness (QED) is 0.248. The van der Waals surface area contributed by atoms with Crippen LogP contribution in [0.25, 0.3) is 0 Å². The summed E-state index contributed by atoms with van der Waals surface area (Å²) < 4.78 is 22.1. The molecular weight excluding hydrogens is 412 g/mol. The van der Waals surface area contributed by atoms with Crippen LogP contribution >= 0.6 is 0 Å². The van der Waals surface area contributed by atoms with Gasteiger partial charge < -0.3 is 49.6 Å². The van der Waals surface area contributed by atoms with Crippen LogP contribution in [-0.2, 0) is 18.9 Å². The zero-order valence-corrected chi connectivity index (χ0v) is 17.8. The molecule has 11 atom stereocenters. The molecule has 0 amide bonds. The zero-order chi connectivity index (χ0) is 22.5. The Labute approximate surface area is 181 Å². The largest absolute Gasteiger partial charge is 0.394 e. The van der Waals surface area contributed by atoms with E-state index in [1.807, 2.05) is 0 Å². The average molecular weight is 446 g/mol. The Hall–Kier alpha value is -0.660. The summed E-state index contributed by atoms with van der Waals surface area (Å²) in [6.07, 6.45) is -7.24. The van der Waals surface area contributed by atoms with Crippen molar-refractivity contribution in [1.29, 1.82) is 0 Å². The van der Waals surface area contributed by atoms with Gasteiger partial charge in [0.1, 0.15) is 42.7 Å². The molecule has 0 aromatic rings. The SMILES string of the molecule is CC1(C)C2CC=C(CO[C@@H]3O[C@H](CO[C@@H]4O[C@@H](CO)[C@H](O)[C@H]4O)[C@@H](O)[C@H](O)[C@H]3O)C1C2. The highest BCUT2D eigenvalue weighted by atomic mass is 16.7. The number of hydrogen-bond acceptors (Lipinski definition) is 10. The summed E-state index contributed by atoms with van der Waals surface area (Å²) in [6, 6.07) is 0. The molecule has 178 valence electrons. The lowest BCUT2D eigenvalue weighted by atomic mass is 9.49. The smallest absolute Gasteiger partial charge is 0.187 e. The van der Waals surface area contributed by atoms with E-state index < -0.39 is 61.9 Å². The Morgan fingerprint density at radius 3 is 2.13 bits per heavy atom. The molecule has 0 spiro atoms. The van der Waals surface area contributed by atoms with Crippen molar-refractivity contribution < 1.29 is 49.6 Å². The third-order valence-corrected chi connectivity index (χ3v) is 7.59. The van der Waals surface area contributed by atoms with Gasteiger partial charge in [-0.05, 0) is 35.7 Å². The number of aliphatic hydroxyl groups excluding tert-OH is 6. The van der Waals surface area contributed by atoms with Crippen molar-refractivity contribution in [3.8, 4) is 0 Å². The van der Waals surface area contributed by atoms with Gasteiger partial charge in [-0.3, -0.25) is 0 Å². The first-order chi connectivity index (χ1) is 14.6. The van der Waals surface area contributed by atoms with Gasteiger partial charge in [-0.15, -0.1) is 0 Å². The maximum absolute atomic E-state index is 10.3. The molecule has 31 heavy (non-hydrogen) atoms. The van der Waals surface area contributed by atoms with Crippen molar-refractivity contribution in [3.05, 3.63) is 11.6 Å². The summed E-state index contributed by atoms with van der Waals surface area (Å²) in [4.78, 5) is 0. The van der Waals surface area contributed by atoms with E-state index in [9.17, 15) is 25.5 Å². The van der Waals surface area contributed by atoms with Crippen LogP contribution in [0.1, 0.15) is 26.7 Å². The highest BCUT2D eigenvalue weighted by molar-refractivity contribution is 5.23. The molecule has 0 aromatic heterocycles. The predicted octanol–water partition coefficient (Wildman–Crippen LogP) is -1.74. The molecular formula is C21H34O10. The maximum atomic E-state index is 10.3. The van der Waals surface area contributed by atoms with Gasteiger partial charge in [-0.25, -0.2) is 0 Å². The molecule has 2 bridgehead atoms. The van der Waals surface area contributed by atoms with E-state index in [0.717, 1.165) is 18.4 Å². The molecule has 2 saturated heterocycles. The number of rotatable bonds is 7. The number of allylic oxidation sites excluding steroid dienone is 1. The van der Waals surface area contributed by atoms with E-state index in [2.05, 4.69) is 19.9 Å². The molecule has 10 heteroatoms. The second-order valence-electron chi connectivity index (χ2n) is 9.69. The van der Waals surface area contributed by atoms with Crippen LogP contribution in [0.15, 0.2) is 11.6 Å². The first-order valence-electron chi connectivity index (χ1n) is 10.9. The van der Waals surface area contributed by atoms with Gasteiger partial charge >= 0.3 is 0 Å². The lowest BCUT2D eigenvalue weighted by Crippen LogP contribution is -2.59. The van der Waals surface area contributed by atoms with Crippen LogP contribution in [-0.4, -0.2) is 106 Å². The van der Waals surface area contributed by atoms with Gasteiger partial charge in [0.05, 0.1) is 19.8 Å². The molecule has 2 heterocycles. The molecule has 5 aliphatic rings. The van der Waals surface area contributed by atoms with Gasteiger partial charge in [-0.2, -0.15) is 0 Å². The molecule has 6 N–H and O–H groups in total. The molecule has 0 radical (unpaired) electrons. The van der Waals surface area contributed by atoms with Gasteiger partial charge in [0.15, 0.2) is 12.6 Å². The molecule has 10 nitrogen and oxygen atoms in total. The summed E-state index contributed by atoms with van der Waals surface area (Å²) in [7, 11) is 0. The average Bonchev–Trinajstić information content (AvgIpc) is 3.04. The summed E-state index contributed by atoms with van der Waals surface area (Å²) >= 11 is 0. The summed E-state index contributed by atoms with van der Waals surface area (Å²) in [6.45, 7) is 3.97. The Morgan fingerprint density at radius 2 is 1.52 bits per heavy atom. The molecule has 3 aliphatic carbocycles. The fraction of sp³-hybridized carbons (Fsp3) is 0.905. The molecule has 2 unspecified atom stereocenters. The van der Waals surface area contributed by atoms with Crippen molar-refractivity contribution in [2.45, 2.75) is 82.0 Å². The van der Waals surface area contributed by atoms with E-state index in [1.165, 1.54) is 0 Å². The van der Waals surface area contributed by atoms with Crippen LogP contribution < -0.4 is 0 Å².